The first-order valence-electron chi connectivity index (χ1n) is 8.53. The van der Waals surface area contributed by atoms with Crippen LogP contribution in [0.1, 0.15) is 33.4 Å². The highest BCUT2D eigenvalue weighted by Gasteiger charge is 2.19. The molecule has 0 fully saturated rings. The van der Waals surface area contributed by atoms with Crippen molar-refractivity contribution in [2.45, 2.75) is 26.7 Å². The van der Waals surface area contributed by atoms with Crippen LogP contribution >= 0.6 is 0 Å². The molecule has 0 radical (unpaired) electrons. The molecule has 0 spiro atoms. The van der Waals surface area contributed by atoms with Crippen molar-refractivity contribution in [1.29, 1.82) is 0 Å². The Balaban J connectivity index is 1.92. The lowest BCUT2D eigenvalue weighted by atomic mass is 9.97. The highest BCUT2D eigenvalue weighted by molar-refractivity contribution is 5.36. The van der Waals surface area contributed by atoms with Crippen molar-refractivity contribution in [1.82, 2.24) is 0 Å². The van der Waals surface area contributed by atoms with Crippen LogP contribution in [0.4, 0.5) is 26.3 Å². The van der Waals surface area contributed by atoms with Crippen molar-refractivity contribution in [3.05, 3.63) is 105 Å². The fourth-order valence-electron chi connectivity index (χ4n) is 2.96. The zero-order chi connectivity index (χ0) is 20.6. The van der Waals surface area contributed by atoms with E-state index in [0.29, 0.717) is 0 Å². The van der Waals surface area contributed by atoms with E-state index >= 15 is 0 Å². The van der Waals surface area contributed by atoms with Gasteiger partial charge in [0.2, 0.25) is 0 Å². The summed E-state index contributed by atoms with van der Waals surface area (Å²) in [6.45, 7) is 2.79. The third-order valence-corrected chi connectivity index (χ3v) is 4.71. The summed E-state index contributed by atoms with van der Waals surface area (Å²) in [6, 6.07) is 7.78. The molecule has 0 unspecified atom stereocenters. The van der Waals surface area contributed by atoms with Crippen LogP contribution in [0, 0.1) is 48.8 Å². The molecule has 0 N–H and O–H groups in total. The first-order valence-corrected chi connectivity index (χ1v) is 8.53. The summed E-state index contributed by atoms with van der Waals surface area (Å²) in [6.07, 6.45) is -0.695. The molecule has 0 saturated heterocycles. The highest BCUT2D eigenvalue weighted by Crippen LogP contribution is 2.25. The van der Waals surface area contributed by atoms with Gasteiger partial charge in [0.15, 0.2) is 34.9 Å². The summed E-state index contributed by atoms with van der Waals surface area (Å²) in [5, 5.41) is 0. The molecule has 0 aromatic heterocycles. The summed E-state index contributed by atoms with van der Waals surface area (Å²) in [7, 11) is 0. The minimum absolute atomic E-state index is 0.107. The lowest BCUT2D eigenvalue weighted by molar-refractivity contribution is 0.481. The van der Waals surface area contributed by atoms with Crippen LogP contribution in [0.15, 0.2) is 36.4 Å². The Morgan fingerprint density at radius 1 is 0.429 bits per heavy atom. The van der Waals surface area contributed by atoms with Gasteiger partial charge in [-0.3, -0.25) is 0 Å². The third kappa shape index (κ3) is 3.63. The molecule has 0 aliphatic heterocycles. The Hall–Kier alpha value is -2.76. The molecule has 6 heteroatoms. The van der Waals surface area contributed by atoms with Gasteiger partial charge < -0.3 is 0 Å². The molecule has 0 saturated carbocycles. The topological polar surface area (TPSA) is 0 Å². The zero-order valence-corrected chi connectivity index (χ0v) is 15.1. The maximum atomic E-state index is 14.4. The van der Waals surface area contributed by atoms with Crippen LogP contribution < -0.4 is 0 Å². The van der Waals surface area contributed by atoms with Crippen LogP contribution in [-0.4, -0.2) is 0 Å². The minimum Gasteiger partial charge on any atom is -0.203 e. The van der Waals surface area contributed by atoms with E-state index in [0.717, 1.165) is 0 Å². The Kier molecular flexibility index (Phi) is 5.49. The summed E-state index contributed by atoms with van der Waals surface area (Å²) >= 11 is 0. The van der Waals surface area contributed by atoms with Crippen molar-refractivity contribution < 1.29 is 26.3 Å². The lowest BCUT2D eigenvalue weighted by Gasteiger charge is -2.11. The molecule has 0 aliphatic rings. The number of hydrogen-bond acceptors (Lipinski definition) is 0. The summed E-state index contributed by atoms with van der Waals surface area (Å²) in [5.41, 5.74) is -0.342. The van der Waals surface area contributed by atoms with Gasteiger partial charge in [-0.15, -0.1) is 0 Å². The Morgan fingerprint density at radius 2 is 0.679 bits per heavy atom. The molecule has 0 nitrogen and oxygen atoms in total. The third-order valence-electron chi connectivity index (χ3n) is 4.71. The predicted molar refractivity (Wildman–Crippen MR) is 94.2 cm³/mol. The number of aryl methyl sites for hydroxylation is 2. The fraction of sp³-hybridized carbons (Fsp3) is 0.182. The van der Waals surface area contributed by atoms with E-state index in [1.54, 1.807) is 0 Å². The summed E-state index contributed by atoms with van der Waals surface area (Å²) in [4.78, 5) is 0. The fourth-order valence-corrected chi connectivity index (χ4v) is 2.96. The van der Waals surface area contributed by atoms with E-state index in [2.05, 4.69) is 0 Å². The molecule has 28 heavy (non-hydrogen) atoms. The molecule has 3 rings (SSSR count). The van der Waals surface area contributed by atoms with Crippen molar-refractivity contribution >= 4 is 0 Å². The van der Waals surface area contributed by atoms with Gasteiger partial charge in [-0.1, -0.05) is 36.4 Å². The second kappa shape index (κ2) is 7.70. The molecule has 3 aromatic rings. The molecule has 0 bridgehead atoms. The van der Waals surface area contributed by atoms with E-state index in [9.17, 15) is 26.3 Å². The lowest BCUT2D eigenvalue weighted by Crippen LogP contribution is -2.05. The highest BCUT2D eigenvalue weighted by atomic mass is 19.2. The van der Waals surface area contributed by atoms with E-state index in [1.807, 2.05) is 0 Å². The maximum absolute atomic E-state index is 14.4. The molecule has 146 valence electrons. The second-order valence-electron chi connectivity index (χ2n) is 6.70. The van der Waals surface area contributed by atoms with E-state index in [4.69, 9.17) is 0 Å². The van der Waals surface area contributed by atoms with Gasteiger partial charge in [-0.05, 0) is 47.2 Å². The smallest absolute Gasteiger partial charge is 0.162 e. The molecule has 0 amide bonds. The van der Waals surface area contributed by atoms with Crippen LogP contribution in [0.25, 0.3) is 0 Å². The second-order valence-corrected chi connectivity index (χ2v) is 6.70. The first-order chi connectivity index (χ1) is 13.2. The van der Waals surface area contributed by atoms with Crippen molar-refractivity contribution in [2.75, 3.05) is 0 Å². The Labute approximate surface area is 158 Å². The van der Waals surface area contributed by atoms with Gasteiger partial charge in [-0.2, -0.15) is 0 Å². The minimum atomic E-state index is -1.23. The van der Waals surface area contributed by atoms with Crippen LogP contribution in [0.2, 0.25) is 0 Å². The number of benzene rings is 3. The number of rotatable bonds is 4. The van der Waals surface area contributed by atoms with Gasteiger partial charge in [0.1, 0.15) is 0 Å². The standard InChI is InChI=1S/C22H16F6/c1-11-3-5-13(19(25)17(11)23)9-15-7-8-16(22(28)21(15)27)10-14-6-4-12(2)18(24)20(14)26/h3-8H,9-10H2,1-2H3. The Morgan fingerprint density at radius 3 is 1.00 bits per heavy atom. The molecular formula is C22H16F6. The number of hydrogen-bond donors (Lipinski definition) is 0. The van der Waals surface area contributed by atoms with Crippen LogP contribution in [0.5, 0.6) is 0 Å². The van der Waals surface area contributed by atoms with Gasteiger partial charge >= 0.3 is 0 Å². The monoisotopic (exact) mass is 394 g/mol. The number of halogens is 6. The molecule has 0 heterocycles. The van der Waals surface area contributed by atoms with Crippen molar-refractivity contribution in [3.8, 4) is 0 Å². The molecule has 0 aliphatic carbocycles. The van der Waals surface area contributed by atoms with Crippen molar-refractivity contribution in [2.24, 2.45) is 0 Å². The van der Waals surface area contributed by atoms with Crippen LogP contribution in [-0.2, 0) is 12.8 Å². The zero-order valence-electron chi connectivity index (χ0n) is 15.1. The van der Waals surface area contributed by atoms with Crippen LogP contribution in [0.3, 0.4) is 0 Å². The SMILES string of the molecule is Cc1ccc(Cc2ccc(Cc3ccc(C)c(F)c3F)c(F)c2F)c(F)c1F. The quantitative estimate of drug-likeness (QED) is 0.454. The largest absolute Gasteiger partial charge is 0.203 e. The summed E-state index contributed by atoms with van der Waals surface area (Å²) < 4.78 is 84.2. The van der Waals surface area contributed by atoms with Gasteiger partial charge in [0.05, 0.1) is 0 Å². The summed E-state index contributed by atoms with van der Waals surface area (Å²) in [5.74, 6) is -6.75. The van der Waals surface area contributed by atoms with E-state index < -0.39 is 34.9 Å². The normalized spacial score (nSPS) is 11.1. The molecule has 3 aromatic carbocycles. The maximum Gasteiger partial charge on any atom is 0.162 e. The van der Waals surface area contributed by atoms with E-state index in [1.165, 1.54) is 50.2 Å². The predicted octanol–water partition coefficient (Wildman–Crippen LogP) is 6.32. The van der Waals surface area contributed by atoms with Crippen molar-refractivity contribution in [3.63, 3.8) is 0 Å². The molecule has 0 atom stereocenters. The Bertz CT molecular complexity index is 971. The van der Waals surface area contributed by atoms with E-state index in [-0.39, 0.29) is 46.2 Å². The average molecular weight is 394 g/mol. The average Bonchev–Trinajstić information content (AvgIpc) is 2.68. The molecular weight excluding hydrogens is 378 g/mol. The van der Waals surface area contributed by atoms with Gasteiger partial charge in [0, 0.05) is 12.8 Å². The van der Waals surface area contributed by atoms with Gasteiger partial charge in [-0.25, -0.2) is 26.3 Å². The first kappa shape index (κ1) is 20.0. The van der Waals surface area contributed by atoms with Gasteiger partial charge in [0.25, 0.3) is 0 Å².